The second kappa shape index (κ2) is 8.32. The lowest BCUT2D eigenvalue weighted by molar-refractivity contribution is 0.492. The van der Waals surface area contributed by atoms with E-state index in [1.807, 2.05) is 0 Å². The van der Waals surface area contributed by atoms with E-state index in [1.165, 1.54) is 16.9 Å². The molecule has 130 valence electrons. The van der Waals surface area contributed by atoms with Crippen LogP contribution in [0.25, 0.3) is 0 Å². The van der Waals surface area contributed by atoms with Gasteiger partial charge in [-0.2, -0.15) is 0 Å². The maximum Gasteiger partial charge on any atom is 0.0860 e. The molecular weight excluding hydrogens is 292 g/mol. The van der Waals surface area contributed by atoms with Crippen LogP contribution in [0.1, 0.15) is 66.7 Å². The SMILES string of the molecule is CC(C)=CCCC1=Nc2ccccc2NC(C)(CCC=C(C)C)C1. The number of nitrogens with one attached hydrogen (secondary N) is 1. The molecule has 0 amide bonds. The summed E-state index contributed by atoms with van der Waals surface area (Å²) in [5.74, 6) is 0. The van der Waals surface area contributed by atoms with Crippen LogP contribution in [-0.2, 0) is 0 Å². The van der Waals surface area contributed by atoms with Gasteiger partial charge in [-0.15, -0.1) is 0 Å². The van der Waals surface area contributed by atoms with Crippen LogP contribution < -0.4 is 5.32 Å². The van der Waals surface area contributed by atoms with Crippen molar-refractivity contribution in [2.45, 2.75) is 72.3 Å². The topological polar surface area (TPSA) is 24.4 Å². The van der Waals surface area contributed by atoms with E-state index >= 15 is 0 Å². The molecule has 2 heteroatoms. The molecule has 2 nitrogen and oxygen atoms in total. The first-order chi connectivity index (χ1) is 11.4. The standard InChI is InChI=1S/C22H32N2/c1-17(2)10-8-12-19-16-22(5,15-9-11-18(3)4)24-21-14-7-6-13-20(21)23-19/h6-7,10-11,13-14,24H,8-9,12,15-16H2,1-5H3. The van der Waals surface area contributed by atoms with Crippen molar-refractivity contribution in [3.63, 3.8) is 0 Å². The van der Waals surface area contributed by atoms with Crippen molar-refractivity contribution < 1.29 is 0 Å². The Balaban J connectivity index is 2.21. The Morgan fingerprint density at radius 3 is 2.46 bits per heavy atom. The highest BCUT2D eigenvalue weighted by Gasteiger charge is 2.28. The molecule has 0 saturated heterocycles. The summed E-state index contributed by atoms with van der Waals surface area (Å²) in [4.78, 5) is 4.98. The molecule has 0 aliphatic carbocycles. The smallest absolute Gasteiger partial charge is 0.0860 e. The van der Waals surface area contributed by atoms with Crippen LogP contribution in [0.3, 0.4) is 0 Å². The molecule has 1 atom stereocenters. The minimum Gasteiger partial charge on any atom is -0.378 e. The summed E-state index contributed by atoms with van der Waals surface area (Å²) in [5.41, 5.74) is 6.39. The molecule has 0 fully saturated rings. The van der Waals surface area contributed by atoms with Crippen LogP contribution in [0, 0.1) is 0 Å². The van der Waals surface area contributed by atoms with Gasteiger partial charge in [0.15, 0.2) is 0 Å². The van der Waals surface area contributed by atoms with Crippen LogP contribution >= 0.6 is 0 Å². The number of rotatable bonds is 6. The molecule has 2 rings (SSSR count). The molecule has 0 bridgehead atoms. The third-order valence-electron chi connectivity index (χ3n) is 4.45. The summed E-state index contributed by atoms with van der Waals surface area (Å²) >= 11 is 0. The zero-order valence-corrected chi connectivity index (χ0v) is 15.9. The van der Waals surface area contributed by atoms with Gasteiger partial charge in [0.05, 0.1) is 11.4 Å². The predicted molar refractivity (Wildman–Crippen MR) is 108 cm³/mol. The molecule has 0 radical (unpaired) electrons. The minimum atomic E-state index is 0.0579. The lowest BCUT2D eigenvalue weighted by atomic mass is 9.88. The van der Waals surface area contributed by atoms with Crippen LogP contribution in [-0.4, -0.2) is 11.3 Å². The normalized spacial score (nSPS) is 19.5. The predicted octanol–water partition coefficient (Wildman–Crippen LogP) is 6.83. The maximum absolute atomic E-state index is 4.98. The second-order valence-electron chi connectivity index (χ2n) is 7.70. The van der Waals surface area contributed by atoms with Crippen molar-refractivity contribution in [2.24, 2.45) is 4.99 Å². The first-order valence-electron chi connectivity index (χ1n) is 9.08. The first-order valence-corrected chi connectivity index (χ1v) is 9.08. The fraction of sp³-hybridized carbons (Fsp3) is 0.500. The number of allylic oxidation sites excluding steroid dienone is 4. The maximum atomic E-state index is 4.98. The molecule has 0 spiro atoms. The molecular formula is C22H32N2. The van der Waals surface area contributed by atoms with Crippen LogP contribution in [0.2, 0.25) is 0 Å². The van der Waals surface area contributed by atoms with Gasteiger partial charge in [0, 0.05) is 17.7 Å². The van der Waals surface area contributed by atoms with Gasteiger partial charge in [0.2, 0.25) is 0 Å². The minimum absolute atomic E-state index is 0.0579. The Kier molecular flexibility index (Phi) is 6.42. The second-order valence-corrected chi connectivity index (χ2v) is 7.70. The third kappa shape index (κ3) is 5.67. The largest absolute Gasteiger partial charge is 0.378 e. The summed E-state index contributed by atoms with van der Waals surface area (Å²) < 4.78 is 0. The first kappa shape index (κ1) is 18.5. The zero-order chi connectivity index (χ0) is 17.6. The van der Waals surface area contributed by atoms with Crippen molar-refractivity contribution in [2.75, 3.05) is 5.32 Å². The highest BCUT2D eigenvalue weighted by Crippen LogP contribution is 2.35. The number of anilines is 1. The number of hydrogen-bond acceptors (Lipinski definition) is 2. The van der Waals surface area contributed by atoms with E-state index < -0.39 is 0 Å². The van der Waals surface area contributed by atoms with Gasteiger partial charge in [-0.05, 0) is 72.4 Å². The number of aliphatic imine (C=N–C) groups is 1. The fourth-order valence-electron chi connectivity index (χ4n) is 3.21. The highest BCUT2D eigenvalue weighted by molar-refractivity contribution is 5.91. The molecule has 1 aliphatic heterocycles. The van der Waals surface area contributed by atoms with Crippen LogP contribution in [0.5, 0.6) is 0 Å². The zero-order valence-electron chi connectivity index (χ0n) is 15.9. The quantitative estimate of drug-likeness (QED) is 0.570. The molecule has 1 aromatic rings. The summed E-state index contributed by atoms with van der Waals surface area (Å²) in [7, 11) is 0. The molecule has 24 heavy (non-hydrogen) atoms. The average molecular weight is 325 g/mol. The number of hydrogen-bond donors (Lipinski definition) is 1. The Labute approximate surface area is 147 Å². The number of benzene rings is 1. The Morgan fingerprint density at radius 1 is 1.08 bits per heavy atom. The summed E-state index contributed by atoms with van der Waals surface area (Å²) in [6.45, 7) is 11.0. The van der Waals surface area contributed by atoms with E-state index in [0.29, 0.717) is 0 Å². The Morgan fingerprint density at radius 2 is 1.75 bits per heavy atom. The monoisotopic (exact) mass is 324 g/mol. The summed E-state index contributed by atoms with van der Waals surface area (Å²) in [6.07, 6.45) is 10.0. The molecule has 1 aliphatic rings. The van der Waals surface area contributed by atoms with Gasteiger partial charge in [-0.25, -0.2) is 0 Å². The summed E-state index contributed by atoms with van der Waals surface area (Å²) in [5, 5.41) is 3.78. The van der Waals surface area contributed by atoms with Gasteiger partial charge in [0.25, 0.3) is 0 Å². The summed E-state index contributed by atoms with van der Waals surface area (Å²) in [6, 6.07) is 8.43. The molecule has 1 aromatic carbocycles. The number of fused-ring (bicyclic) bond motifs is 1. The lowest BCUT2D eigenvalue weighted by Gasteiger charge is -2.31. The van der Waals surface area contributed by atoms with Crippen molar-refractivity contribution in [1.82, 2.24) is 0 Å². The molecule has 1 N–H and O–H groups in total. The van der Waals surface area contributed by atoms with Gasteiger partial charge in [-0.1, -0.05) is 35.4 Å². The lowest BCUT2D eigenvalue weighted by Crippen LogP contribution is -2.36. The van der Waals surface area contributed by atoms with Crippen LogP contribution in [0.4, 0.5) is 11.4 Å². The van der Waals surface area contributed by atoms with E-state index in [1.54, 1.807) is 0 Å². The average Bonchev–Trinajstić information content (AvgIpc) is 2.61. The van der Waals surface area contributed by atoms with E-state index in [9.17, 15) is 0 Å². The van der Waals surface area contributed by atoms with E-state index in [0.717, 1.165) is 43.5 Å². The van der Waals surface area contributed by atoms with Gasteiger partial charge in [-0.3, -0.25) is 4.99 Å². The van der Waals surface area contributed by atoms with Crippen molar-refractivity contribution in [1.29, 1.82) is 0 Å². The Hall–Kier alpha value is -1.83. The fourth-order valence-corrected chi connectivity index (χ4v) is 3.21. The van der Waals surface area contributed by atoms with Crippen LogP contribution in [0.15, 0.2) is 52.6 Å². The molecule has 0 aromatic heterocycles. The van der Waals surface area contributed by atoms with Crippen molar-refractivity contribution in [3.05, 3.63) is 47.6 Å². The molecule has 1 heterocycles. The van der Waals surface area contributed by atoms with Gasteiger partial charge < -0.3 is 5.32 Å². The highest BCUT2D eigenvalue weighted by atomic mass is 15.0. The van der Waals surface area contributed by atoms with Crippen molar-refractivity contribution >= 4 is 17.1 Å². The molecule has 1 unspecified atom stereocenters. The van der Waals surface area contributed by atoms with Gasteiger partial charge in [0.1, 0.15) is 0 Å². The Bertz CT molecular complexity index is 644. The number of nitrogens with zero attached hydrogens (tertiary/aromatic N) is 1. The van der Waals surface area contributed by atoms with Crippen molar-refractivity contribution in [3.8, 4) is 0 Å². The van der Waals surface area contributed by atoms with Gasteiger partial charge >= 0.3 is 0 Å². The van der Waals surface area contributed by atoms with E-state index in [-0.39, 0.29) is 5.54 Å². The van der Waals surface area contributed by atoms with E-state index in [4.69, 9.17) is 4.99 Å². The molecule has 0 saturated carbocycles. The van der Waals surface area contributed by atoms with E-state index in [2.05, 4.69) is 76.4 Å². The number of para-hydroxylation sites is 2. The third-order valence-corrected chi connectivity index (χ3v) is 4.45.